The summed E-state index contributed by atoms with van der Waals surface area (Å²) in [5, 5.41) is 3.59. The Labute approximate surface area is 117 Å². The van der Waals surface area contributed by atoms with Gasteiger partial charge in [0.1, 0.15) is 0 Å². The molecule has 1 atom stereocenters. The maximum atomic E-state index is 3.77. The van der Waals surface area contributed by atoms with Crippen LogP contribution in [0.25, 0.3) is 0 Å². The zero-order chi connectivity index (χ0) is 13.5. The molecule has 1 unspecified atom stereocenters. The van der Waals surface area contributed by atoms with E-state index < -0.39 is 0 Å². The van der Waals surface area contributed by atoms with Crippen LogP contribution in [0.2, 0.25) is 0 Å². The SMILES string of the molecule is C=CCCC(C)NCCCN1CCc2ccccc21. The lowest BCUT2D eigenvalue weighted by atomic mass is 10.2. The van der Waals surface area contributed by atoms with Crippen molar-refractivity contribution in [3.8, 4) is 0 Å². The summed E-state index contributed by atoms with van der Waals surface area (Å²) in [6.45, 7) is 9.49. The first kappa shape index (κ1) is 14.1. The summed E-state index contributed by atoms with van der Waals surface area (Å²) in [6.07, 6.45) is 6.72. The van der Waals surface area contributed by atoms with E-state index in [1.54, 1.807) is 0 Å². The maximum Gasteiger partial charge on any atom is 0.0399 e. The molecule has 1 aliphatic rings. The van der Waals surface area contributed by atoms with Gasteiger partial charge < -0.3 is 10.2 Å². The highest BCUT2D eigenvalue weighted by molar-refractivity contribution is 5.57. The van der Waals surface area contributed by atoms with Crippen molar-refractivity contribution in [2.75, 3.05) is 24.5 Å². The molecule has 19 heavy (non-hydrogen) atoms. The summed E-state index contributed by atoms with van der Waals surface area (Å²) in [5.41, 5.74) is 2.96. The van der Waals surface area contributed by atoms with Gasteiger partial charge in [-0.25, -0.2) is 0 Å². The second-order valence-electron chi connectivity index (χ2n) is 5.44. The van der Waals surface area contributed by atoms with Crippen LogP contribution >= 0.6 is 0 Å². The third-order valence-electron chi connectivity index (χ3n) is 3.88. The second-order valence-corrected chi connectivity index (χ2v) is 5.44. The zero-order valence-electron chi connectivity index (χ0n) is 12.1. The Bertz CT molecular complexity index is 400. The van der Waals surface area contributed by atoms with Crippen molar-refractivity contribution in [2.45, 2.75) is 38.6 Å². The molecule has 0 spiro atoms. The first-order valence-corrected chi connectivity index (χ1v) is 7.48. The molecular weight excluding hydrogens is 232 g/mol. The number of para-hydroxylation sites is 1. The van der Waals surface area contributed by atoms with E-state index in [2.05, 4.69) is 48.0 Å². The van der Waals surface area contributed by atoms with Crippen LogP contribution in [0.1, 0.15) is 31.7 Å². The lowest BCUT2D eigenvalue weighted by Crippen LogP contribution is -2.30. The average molecular weight is 258 g/mol. The van der Waals surface area contributed by atoms with Crippen molar-refractivity contribution in [3.05, 3.63) is 42.5 Å². The van der Waals surface area contributed by atoms with Crippen LogP contribution in [0.15, 0.2) is 36.9 Å². The summed E-state index contributed by atoms with van der Waals surface area (Å²) >= 11 is 0. The lowest BCUT2D eigenvalue weighted by Gasteiger charge is -2.20. The first-order chi connectivity index (χ1) is 9.31. The van der Waals surface area contributed by atoms with Crippen LogP contribution in [0, 0.1) is 0 Å². The van der Waals surface area contributed by atoms with E-state index >= 15 is 0 Å². The quantitative estimate of drug-likeness (QED) is 0.568. The standard InChI is InChI=1S/C17H26N2/c1-3-4-8-15(2)18-12-7-13-19-14-11-16-9-5-6-10-17(16)19/h3,5-6,9-10,15,18H,1,4,7-8,11-14H2,2H3. The summed E-state index contributed by atoms with van der Waals surface area (Å²) < 4.78 is 0. The smallest absolute Gasteiger partial charge is 0.0399 e. The van der Waals surface area contributed by atoms with Gasteiger partial charge in [0.05, 0.1) is 0 Å². The number of nitrogens with one attached hydrogen (secondary N) is 1. The Balaban J connectivity index is 1.66. The molecule has 0 radical (unpaired) electrons. The van der Waals surface area contributed by atoms with Crippen molar-refractivity contribution >= 4 is 5.69 Å². The van der Waals surface area contributed by atoms with Crippen LogP contribution < -0.4 is 10.2 Å². The highest BCUT2D eigenvalue weighted by atomic mass is 15.1. The lowest BCUT2D eigenvalue weighted by molar-refractivity contribution is 0.509. The Morgan fingerprint density at radius 2 is 2.26 bits per heavy atom. The molecule has 0 saturated carbocycles. The number of fused-ring (bicyclic) bond motifs is 1. The van der Waals surface area contributed by atoms with Crippen LogP contribution in [-0.2, 0) is 6.42 Å². The van der Waals surface area contributed by atoms with Gasteiger partial charge in [0.2, 0.25) is 0 Å². The molecule has 0 fully saturated rings. The topological polar surface area (TPSA) is 15.3 Å². The van der Waals surface area contributed by atoms with E-state index in [0.717, 1.165) is 19.5 Å². The Morgan fingerprint density at radius 1 is 1.42 bits per heavy atom. The molecule has 2 rings (SSSR count). The highest BCUT2D eigenvalue weighted by Crippen LogP contribution is 2.27. The molecule has 1 aromatic rings. The summed E-state index contributed by atoms with van der Waals surface area (Å²) in [7, 11) is 0. The molecule has 1 aromatic carbocycles. The van der Waals surface area contributed by atoms with Crippen LogP contribution in [-0.4, -0.2) is 25.7 Å². The molecule has 2 heteroatoms. The number of benzene rings is 1. The van der Waals surface area contributed by atoms with Gasteiger partial charge in [0, 0.05) is 24.8 Å². The second kappa shape index (κ2) is 7.34. The van der Waals surface area contributed by atoms with Gasteiger partial charge in [0.25, 0.3) is 0 Å². The Kier molecular flexibility index (Phi) is 5.46. The predicted octanol–water partition coefficient (Wildman–Crippen LogP) is 3.38. The van der Waals surface area contributed by atoms with Gasteiger partial charge in [-0.05, 0) is 50.8 Å². The minimum absolute atomic E-state index is 0.601. The number of allylic oxidation sites excluding steroid dienone is 1. The third kappa shape index (κ3) is 4.10. The fourth-order valence-corrected chi connectivity index (χ4v) is 2.73. The monoisotopic (exact) mass is 258 g/mol. The summed E-state index contributed by atoms with van der Waals surface area (Å²) in [5.74, 6) is 0. The molecule has 0 bridgehead atoms. The minimum atomic E-state index is 0.601. The fourth-order valence-electron chi connectivity index (χ4n) is 2.73. The molecule has 1 heterocycles. The van der Waals surface area contributed by atoms with E-state index in [4.69, 9.17) is 0 Å². The first-order valence-electron chi connectivity index (χ1n) is 7.48. The number of hydrogen-bond acceptors (Lipinski definition) is 2. The largest absolute Gasteiger partial charge is 0.371 e. The van der Waals surface area contributed by atoms with Crippen molar-refractivity contribution in [1.82, 2.24) is 5.32 Å². The van der Waals surface area contributed by atoms with Gasteiger partial charge >= 0.3 is 0 Å². The van der Waals surface area contributed by atoms with Crippen molar-refractivity contribution < 1.29 is 0 Å². The molecule has 0 aliphatic carbocycles. The fraction of sp³-hybridized carbons (Fsp3) is 0.529. The highest BCUT2D eigenvalue weighted by Gasteiger charge is 2.17. The van der Waals surface area contributed by atoms with E-state index in [1.807, 2.05) is 6.08 Å². The number of nitrogens with zero attached hydrogens (tertiary/aromatic N) is 1. The Morgan fingerprint density at radius 3 is 3.11 bits per heavy atom. The van der Waals surface area contributed by atoms with Crippen molar-refractivity contribution in [2.24, 2.45) is 0 Å². The molecule has 104 valence electrons. The normalized spacial score (nSPS) is 15.3. The molecule has 1 N–H and O–H groups in total. The van der Waals surface area contributed by atoms with E-state index in [-0.39, 0.29) is 0 Å². The minimum Gasteiger partial charge on any atom is -0.371 e. The van der Waals surface area contributed by atoms with Gasteiger partial charge in [0.15, 0.2) is 0 Å². The van der Waals surface area contributed by atoms with Crippen LogP contribution in [0.3, 0.4) is 0 Å². The van der Waals surface area contributed by atoms with Gasteiger partial charge in [-0.15, -0.1) is 6.58 Å². The van der Waals surface area contributed by atoms with E-state index in [9.17, 15) is 0 Å². The van der Waals surface area contributed by atoms with Crippen LogP contribution in [0.4, 0.5) is 5.69 Å². The van der Waals surface area contributed by atoms with Crippen molar-refractivity contribution in [1.29, 1.82) is 0 Å². The summed E-state index contributed by atoms with van der Waals surface area (Å²) in [4.78, 5) is 2.52. The van der Waals surface area contributed by atoms with Crippen molar-refractivity contribution in [3.63, 3.8) is 0 Å². The number of rotatable bonds is 8. The van der Waals surface area contributed by atoms with E-state index in [1.165, 1.54) is 37.1 Å². The summed E-state index contributed by atoms with van der Waals surface area (Å²) in [6, 6.07) is 9.40. The average Bonchev–Trinajstić information content (AvgIpc) is 2.85. The molecule has 0 amide bonds. The molecular formula is C17H26N2. The maximum absolute atomic E-state index is 3.77. The molecule has 0 saturated heterocycles. The Hall–Kier alpha value is -1.28. The molecule has 2 nitrogen and oxygen atoms in total. The van der Waals surface area contributed by atoms with Crippen LogP contribution in [0.5, 0.6) is 0 Å². The zero-order valence-corrected chi connectivity index (χ0v) is 12.1. The van der Waals surface area contributed by atoms with Gasteiger partial charge in [-0.1, -0.05) is 24.3 Å². The molecule has 0 aromatic heterocycles. The van der Waals surface area contributed by atoms with E-state index in [0.29, 0.717) is 6.04 Å². The third-order valence-corrected chi connectivity index (χ3v) is 3.88. The predicted molar refractivity (Wildman–Crippen MR) is 83.9 cm³/mol. The number of hydrogen-bond donors (Lipinski definition) is 1. The molecule has 1 aliphatic heterocycles. The van der Waals surface area contributed by atoms with Gasteiger partial charge in [-0.2, -0.15) is 0 Å². The number of anilines is 1. The van der Waals surface area contributed by atoms with Gasteiger partial charge in [-0.3, -0.25) is 0 Å².